The van der Waals surface area contributed by atoms with Crippen molar-refractivity contribution in [2.75, 3.05) is 0 Å². The molecule has 3 aromatic rings. The molecule has 132 valence electrons. The fraction of sp³-hybridized carbons (Fsp3) is 0.143. The van der Waals surface area contributed by atoms with Crippen LogP contribution in [0.2, 0.25) is 5.02 Å². The number of hydrogen-bond acceptors (Lipinski definition) is 3. The number of nitrogens with zero attached hydrogens (tertiary/aromatic N) is 1. The minimum Gasteiger partial charge on any atom is -0.455 e. The van der Waals surface area contributed by atoms with Gasteiger partial charge in [-0.2, -0.15) is 5.10 Å². The second-order valence-electron chi connectivity index (χ2n) is 5.94. The predicted octanol–water partition coefficient (Wildman–Crippen LogP) is 4.99. The number of nitrogens with one attached hydrogen (secondary N) is 1. The third-order valence-electron chi connectivity index (χ3n) is 3.96. The molecule has 1 N–H and O–H groups in total. The minimum atomic E-state index is -0.137. The highest BCUT2D eigenvalue weighted by Crippen LogP contribution is 2.27. The van der Waals surface area contributed by atoms with Crippen molar-refractivity contribution in [3.63, 3.8) is 0 Å². The van der Waals surface area contributed by atoms with Crippen LogP contribution in [0.3, 0.4) is 0 Å². The van der Waals surface area contributed by atoms with Crippen molar-refractivity contribution in [1.82, 2.24) is 5.43 Å². The summed E-state index contributed by atoms with van der Waals surface area (Å²) in [6, 6.07) is 19.2. The Kier molecular flexibility index (Phi) is 5.87. The normalized spacial score (nSPS) is 11.0. The van der Waals surface area contributed by atoms with Crippen molar-refractivity contribution in [3.8, 4) is 11.3 Å². The molecule has 0 spiro atoms. The quantitative estimate of drug-likeness (QED) is 0.493. The first-order chi connectivity index (χ1) is 12.6. The Morgan fingerprint density at radius 1 is 1.15 bits per heavy atom. The topological polar surface area (TPSA) is 54.6 Å². The van der Waals surface area contributed by atoms with Crippen LogP contribution in [-0.4, -0.2) is 12.1 Å². The molecule has 0 aliphatic carbocycles. The van der Waals surface area contributed by atoms with Gasteiger partial charge in [-0.15, -0.1) is 0 Å². The molecule has 0 bridgehead atoms. The van der Waals surface area contributed by atoms with E-state index in [1.165, 1.54) is 6.21 Å². The number of furan rings is 1. The number of carbonyl (C=O) groups is 1. The lowest BCUT2D eigenvalue weighted by atomic mass is 10.1. The van der Waals surface area contributed by atoms with Gasteiger partial charge in [-0.1, -0.05) is 48.0 Å². The molecular formula is C21H19ClN2O2. The van der Waals surface area contributed by atoms with Crippen LogP contribution >= 0.6 is 11.6 Å². The molecule has 0 unspecified atom stereocenters. The van der Waals surface area contributed by atoms with Gasteiger partial charge in [-0.25, -0.2) is 5.43 Å². The second-order valence-corrected chi connectivity index (χ2v) is 6.38. The van der Waals surface area contributed by atoms with E-state index in [-0.39, 0.29) is 5.91 Å². The van der Waals surface area contributed by atoms with Crippen molar-refractivity contribution in [3.05, 3.63) is 82.6 Å². The van der Waals surface area contributed by atoms with Gasteiger partial charge in [0.2, 0.25) is 5.91 Å². The van der Waals surface area contributed by atoms with E-state index < -0.39 is 0 Å². The van der Waals surface area contributed by atoms with E-state index in [9.17, 15) is 4.79 Å². The molecule has 1 aromatic heterocycles. The maximum absolute atomic E-state index is 11.8. The average molecular weight is 367 g/mol. The van der Waals surface area contributed by atoms with Gasteiger partial charge in [0.15, 0.2) is 0 Å². The minimum absolute atomic E-state index is 0.137. The molecule has 3 rings (SSSR count). The average Bonchev–Trinajstić information content (AvgIpc) is 3.11. The zero-order valence-electron chi connectivity index (χ0n) is 14.4. The fourth-order valence-corrected chi connectivity index (χ4v) is 2.73. The number of benzene rings is 2. The highest BCUT2D eigenvalue weighted by molar-refractivity contribution is 6.30. The van der Waals surface area contributed by atoms with Crippen LogP contribution in [0.1, 0.15) is 23.3 Å². The van der Waals surface area contributed by atoms with Gasteiger partial charge in [0, 0.05) is 17.0 Å². The maximum atomic E-state index is 11.8. The number of halogens is 1. The monoisotopic (exact) mass is 366 g/mol. The molecule has 0 aliphatic heterocycles. The molecule has 26 heavy (non-hydrogen) atoms. The van der Waals surface area contributed by atoms with Gasteiger partial charge in [0.1, 0.15) is 11.5 Å². The summed E-state index contributed by atoms with van der Waals surface area (Å²) in [5.74, 6) is 1.13. The van der Waals surface area contributed by atoms with Gasteiger partial charge in [0.05, 0.1) is 6.21 Å². The predicted molar refractivity (Wildman–Crippen MR) is 104 cm³/mol. The van der Waals surface area contributed by atoms with Gasteiger partial charge >= 0.3 is 0 Å². The number of rotatable bonds is 6. The summed E-state index contributed by atoms with van der Waals surface area (Å²) in [7, 11) is 0. The standard InChI is InChI=1S/C21H19ClN2O2/c1-15-7-9-17(22)13-19(15)20-11-10-18(26-20)14-23-24-21(25)12-8-16-5-3-2-4-6-16/h2-7,9-11,13-14H,8,12H2,1H3,(H,24,25)/b23-14-. The molecule has 5 heteroatoms. The van der Waals surface area contributed by atoms with Gasteiger partial charge in [-0.3, -0.25) is 4.79 Å². The summed E-state index contributed by atoms with van der Waals surface area (Å²) in [5, 5.41) is 4.61. The molecule has 0 radical (unpaired) electrons. The number of aryl methyl sites for hydroxylation is 2. The molecule has 1 amide bonds. The van der Waals surface area contributed by atoms with Crippen LogP contribution in [-0.2, 0) is 11.2 Å². The third kappa shape index (κ3) is 4.83. The van der Waals surface area contributed by atoms with Crippen molar-refractivity contribution in [2.24, 2.45) is 5.10 Å². The molecule has 1 heterocycles. The Morgan fingerprint density at radius 3 is 2.77 bits per heavy atom. The van der Waals surface area contributed by atoms with E-state index in [0.717, 1.165) is 16.7 Å². The van der Waals surface area contributed by atoms with Crippen molar-refractivity contribution < 1.29 is 9.21 Å². The molecule has 4 nitrogen and oxygen atoms in total. The Morgan fingerprint density at radius 2 is 1.96 bits per heavy atom. The first-order valence-corrected chi connectivity index (χ1v) is 8.72. The number of hydrazone groups is 1. The first-order valence-electron chi connectivity index (χ1n) is 8.34. The Hall–Kier alpha value is -2.85. The molecule has 0 saturated carbocycles. The molecule has 2 aromatic carbocycles. The van der Waals surface area contributed by atoms with E-state index in [2.05, 4.69) is 10.5 Å². The van der Waals surface area contributed by atoms with Gasteiger partial charge in [-0.05, 0) is 48.7 Å². The number of amides is 1. The lowest BCUT2D eigenvalue weighted by Crippen LogP contribution is -2.17. The van der Waals surface area contributed by atoms with Gasteiger partial charge < -0.3 is 4.42 Å². The summed E-state index contributed by atoms with van der Waals surface area (Å²) in [6.07, 6.45) is 2.55. The highest BCUT2D eigenvalue weighted by atomic mass is 35.5. The molecular weight excluding hydrogens is 348 g/mol. The van der Waals surface area contributed by atoms with E-state index >= 15 is 0 Å². The molecule has 0 atom stereocenters. The molecule has 0 aliphatic rings. The van der Waals surface area contributed by atoms with Crippen LogP contribution in [0.4, 0.5) is 0 Å². The van der Waals surface area contributed by atoms with Crippen LogP contribution in [0.25, 0.3) is 11.3 Å². The highest BCUT2D eigenvalue weighted by Gasteiger charge is 2.07. The van der Waals surface area contributed by atoms with Crippen LogP contribution in [0.15, 0.2) is 70.2 Å². The zero-order chi connectivity index (χ0) is 18.4. The number of hydrogen-bond donors (Lipinski definition) is 1. The summed E-state index contributed by atoms with van der Waals surface area (Å²) in [6.45, 7) is 1.99. The van der Waals surface area contributed by atoms with Crippen molar-refractivity contribution in [1.29, 1.82) is 0 Å². The summed E-state index contributed by atoms with van der Waals surface area (Å²) in [5.41, 5.74) is 5.65. The van der Waals surface area contributed by atoms with Crippen molar-refractivity contribution in [2.45, 2.75) is 19.8 Å². The molecule has 0 fully saturated rings. The fourth-order valence-electron chi connectivity index (χ4n) is 2.55. The van der Waals surface area contributed by atoms with Crippen molar-refractivity contribution >= 4 is 23.7 Å². The smallest absolute Gasteiger partial charge is 0.240 e. The Balaban J connectivity index is 1.55. The zero-order valence-corrected chi connectivity index (χ0v) is 15.2. The summed E-state index contributed by atoms with van der Waals surface area (Å²) < 4.78 is 5.76. The van der Waals surface area contributed by atoms with E-state index in [1.54, 1.807) is 6.07 Å². The van der Waals surface area contributed by atoms with Crippen LogP contribution in [0, 0.1) is 6.92 Å². The van der Waals surface area contributed by atoms with E-state index in [0.29, 0.717) is 29.4 Å². The number of carbonyl (C=O) groups excluding carboxylic acids is 1. The van der Waals surface area contributed by atoms with E-state index in [1.807, 2.05) is 61.5 Å². The third-order valence-corrected chi connectivity index (χ3v) is 4.19. The Bertz CT molecular complexity index is 917. The van der Waals surface area contributed by atoms with Crippen LogP contribution < -0.4 is 5.43 Å². The maximum Gasteiger partial charge on any atom is 0.240 e. The van der Waals surface area contributed by atoms with Gasteiger partial charge in [0.25, 0.3) is 0 Å². The lowest BCUT2D eigenvalue weighted by Gasteiger charge is -2.02. The van der Waals surface area contributed by atoms with Crippen LogP contribution in [0.5, 0.6) is 0 Å². The SMILES string of the molecule is Cc1ccc(Cl)cc1-c1ccc(/C=N\NC(=O)CCc2ccccc2)o1. The van der Waals surface area contributed by atoms with E-state index in [4.69, 9.17) is 16.0 Å². The Labute approximate surface area is 157 Å². The summed E-state index contributed by atoms with van der Waals surface area (Å²) >= 11 is 6.05. The second kappa shape index (κ2) is 8.50. The largest absolute Gasteiger partial charge is 0.455 e. The first kappa shape index (κ1) is 18.0. The lowest BCUT2D eigenvalue weighted by molar-refractivity contribution is -0.121. The summed E-state index contributed by atoms with van der Waals surface area (Å²) in [4.78, 5) is 11.8. The molecule has 0 saturated heterocycles.